The van der Waals surface area contributed by atoms with Crippen LogP contribution in [-0.2, 0) is 17.7 Å². The van der Waals surface area contributed by atoms with Gasteiger partial charge in [-0.3, -0.25) is 4.68 Å². The maximum absolute atomic E-state index is 14.3. The molecule has 0 aliphatic heterocycles. The molecule has 0 unspecified atom stereocenters. The Kier molecular flexibility index (Phi) is 8.58. The van der Waals surface area contributed by atoms with Crippen LogP contribution >= 0.6 is 35.2 Å². The first kappa shape index (κ1) is 26.8. The second-order valence-corrected chi connectivity index (χ2v) is 10.3. The topological polar surface area (TPSA) is 68.2 Å². The summed E-state index contributed by atoms with van der Waals surface area (Å²) in [4.78, 5) is 13.6. The van der Waals surface area contributed by atoms with E-state index in [1.807, 2.05) is 50.2 Å². The van der Waals surface area contributed by atoms with E-state index in [4.69, 9.17) is 28.6 Å². The zero-order valence-corrected chi connectivity index (χ0v) is 23.0. The summed E-state index contributed by atoms with van der Waals surface area (Å²) in [7, 11) is 0. The van der Waals surface area contributed by atoms with E-state index in [2.05, 4.69) is 15.7 Å². The first-order valence-corrected chi connectivity index (χ1v) is 13.3. The van der Waals surface area contributed by atoms with Crippen LogP contribution in [0.5, 0.6) is 0 Å². The van der Waals surface area contributed by atoms with Crippen LogP contribution in [0.1, 0.15) is 44.7 Å². The molecule has 0 spiro atoms. The predicted molar refractivity (Wildman–Crippen MR) is 152 cm³/mol. The molecule has 4 rings (SSSR count). The molecule has 0 aliphatic carbocycles. The second kappa shape index (κ2) is 11.9. The van der Waals surface area contributed by atoms with Crippen molar-refractivity contribution in [2.24, 2.45) is 0 Å². The Morgan fingerprint density at radius 1 is 1.16 bits per heavy atom. The molecule has 2 N–H and O–H groups in total. The molecule has 0 atom stereocenters. The average Bonchev–Trinajstić information content (AvgIpc) is 3.37. The molecule has 0 aliphatic rings. The Bertz CT molecular complexity index is 1420. The van der Waals surface area contributed by atoms with Gasteiger partial charge in [-0.15, -0.1) is 11.3 Å². The maximum Gasteiger partial charge on any atom is 0.341 e. The minimum absolute atomic E-state index is 0.181. The molecule has 0 amide bonds. The minimum atomic E-state index is -0.412. The molecule has 2 aromatic carbocycles. The third kappa shape index (κ3) is 6.36. The Hall–Kier alpha value is -3.27. The lowest BCUT2D eigenvalue weighted by atomic mass is 10.1. The zero-order chi connectivity index (χ0) is 26.5. The molecular weight excluding hydrogens is 531 g/mol. The van der Waals surface area contributed by atoms with Crippen LogP contribution in [0.15, 0.2) is 54.6 Å². The SMILES string of the molecule is CCOC(=O)c1cc(Cc2ccccc2)sc1NC(=S)Nc1c(C)nn(Cc2c(F)cccc2Cl)c1C. The number of hydrogen-bond acceptors (Lipinski definition) is 5. The number of aryl methyl sites for hydroxylation is 1. The summed E-state index contributed by atoms with van der Waals surface area (Å²) in [6.45, 7) is 5.93. The van der Waals surface area contributed by atoms with E-state index in [0.717, 1.165) is 16.1 Å². The number of rotatable bonds is 8. The van der Waals surface area contributed by atoms with Gasteiger partial charge in [0.25, 0.3) is 0 Å². The number of benzene rings is 2. The Morgan fingerprint density at radius 3 is 2.62 bits per heavy atom. The van der Waals surface area contributed by atoms with Gasteiger partial charge in [0.05, 0.1) is 35.8 Å². The number of nitrogens with zero attached hydrogens (tertiary/aromatic N) is 2. The lowest BCUT2D eigenvalue weighted by molar-refractivity contribution is 0.0528. The van der Waals surface area contributed by atoms with E-state index in [1.54, 1.807) is 23.7 Å². The minimum Gasteiger partial charge on any atom is -0.462 e. The molecule has 37 heavy (non-hydrogen) atoms. The number of ether oxygens (including phenoxy) is 1. The number of aromatic nitrogens is 2. The number of nitrogens with one attached hydrogen (secondary N) is 2. The van der Waals surface area contributed by atoms with E-state index >= 15 is 0 Å². The van der Waals surface area contributed by atoms with E-state index in [1.165, 1.54) is 17.4 Å². The van der Waals surface area contributed by atoms with Gasteiger partial charge in [0.2, 0.25) is 0 Å². The molecular formula is C27H26ClFN4O2S2. The van der Waals surface area contributed by atoms with Crippen LogP contribution < -0.4 is 10.6 Å². The number of thiophene rings is 1. The Labute approximate surface area is 229 Å². The van der Waals surface area contributed by atoms with E-state index in [0.29, 0.717) is 44.1 Å². The van der Waals surface area contributed by atoms with Gasteiger partial charge in [-0.2, -0.15) is 5.10 Å². The number of halogens is 2. The van der Waals surface area contributed by atoms with Crippen LogP contribution in [0.2, 0.25) is 5.02 Å². The van der Waals surface area contributed by atoms with Gasteiger partial charge < -0.3 is 15.4 Å². The second-order valence-electron chi connectivity index (χ2n) is 8.32. The highest BCUT2D eigenvalue weighted by molar-refractivity contribution is 7.80. The van der Waals surface area contributed by atoms with Gasteiger partial charge in [0, 0.05) is 21.9 Å². The van der Waals surface area contributed by atoms with Gasteiger partial charge in [-0.1, -0.05) is 48.0 Å². The van der Waals surface area contributed by atoms with Crippen LogP contribution in [-0.4, -0.2) is 27.5 Å². The molecule has 0 saturated heterocycles. The standard InChI is InChI=1S/C27H26ClFN4O2S2/c1-4-35-26(34)20-14-19(13-18-9-6-5-7-10-18)37-25(20)31-27(36)30-24-16(2)32-33(17(24)3)15-21-22(28)11-8-12-23(21)29/h5-12,14H,4,13,15H2,1-3H3,(H2,30,31,36). The summed E-state index contributed by atoms with van der Waals surface area (Å²) in [5.41, 5.74) is 4.09. The number of thiocarbonyl (C=S) groups is 1. The quantitative estimate of drug-likeness (QED) is 0.180. The van der Waals surface area contributed by atoms with Gasteiger partial charge in [-0.05, 0) is 56.8 Å². The van der Waals surface area contributed by atoms with Gasteiger partial charge >= 0.3 is 5.97 Å². The molecule has 6 nitrogen and oxygen atoms in total. The van der Waals surface area contributed by atoms with Crippen LogP contribution in [0.3, 0.4) is 0 Å². The largest absolute Gasteiger partial charge is 0.462 e. The molecule has 0 bridgehead atoms. The summed E-state index contributed by atoms with van der Waals surface area (Å²) in [6.07, 6.45) is 0.684. The summed E-state index contributed by atoms with van der Waals surface area (Å²) in [5, 5.41) is 12.1. The lowest BCUT2D eigenvalue weighted by Gasteiger charge is -2.12. The van der Waals surface area contributed by atoms with Crippen molar-refractivity contribution in [3.05, 3.63) is 98.4 Å². The third-order valence-electron chi connectivity index (χ3n) is 5.72. The van der Waals surface area contributed by atoms with Crippen molar-refractivity contribution in [1.29, 1.82) is 0 Å². The van der Waals surface area contributed by atoms with Crippen molar-refractivity contribution in [2.45, 2.75) is 33.7 Å². The summed E-state index contributed by atoms with van der Waals surface area (Å²) >= 11 is 13.2. The molecule has 192 valence electrons. The predicted octanol–water partition coefficient (Wildman–Crippen LogP) is 6.98. The molecule has 10 heteroatoms. The average molecular weight is 557 g/mol. The van der Waals surface area contributed by atoms with Crippen molar-refractivity contribution in [3.63, 3.8) is 0 Å². The number of anilines is 2. The molecule has 0 radical (unpaired) electrons. The van der Waals surface area contributed by atoms with Crippen LogP contribution in [0, 0.1) is 19.7 Å². The highest BCUT2D eigenvalue weighted by Crippen LogP contribution is 2.31. The molecule has 2 heterocycles. The summed E-state index contributed by atoms with van der Waals surface area (Å²) in [5.74, 6) is -0.799. The smallest absolute Gasteiger partial charge is 0.341 e. The van der Waals surface area contributed by atoms with Gasteiger partial charge in [0.1, 0.15) is 10.8 Å². The first-order chi connectivity index (χ1) is 17.8. The van der Waals surface area contributed by atoms with E-state index in [9.17, 15) is 9.18 Å². The molecule has 2 aromatic heterocycles. The van der Waals surface area contributed by atoms with Gasteiger partial charge in [0.15, 0.2) is 5.11 Å². The monoisotopic (exact) mass is 556 g/mol. The van der Waals surface area contributed by atoms with E-state index in [-0.39, 0.29) is 19.0 Å². The van der Waals surface area contributed by atoms with Crippen molar-refractivity contribution in [1.82, 2.24) is 9.78 Å². The Morgan fingerprint density at radius 2 is 1.92 bits per heavy atom. The fourth-order valence-electron chi connectivity index (χ4n) is 3.89. The zero-order valence-electron chi connectivity index (χ0n) is 20.6. The van der Waals surface area contributed by atoms with Crippen molar-refractivity contribution < 1.29 is 13.9 Å². The normalized spacial score (nSPS) is 10.8. The van der Waals surface area contributed by atoms with Gasteiger partial charge in [-0.25, -0.2) is 9.18 Å². The van der Waals surface area contributed by atoms with Crippen molar-refractivity contribution in [3.8, 4) is 0 Å². The van der Waals surface area contributed by atoms with E-state index < -0.39 is 5.97 Å². The Balaban J connectivity index is 1.53. The number of carbonyl (C=O) groups excluding carboxylic acids is 1. The van der Waals surface area contributed by atoms with Crippen molar-refractivity contribution >= 4 is 56.9 Å². The highest BCUT2D eigenvalue weighted by Gasteiger charge is 2.20. The van der Waals surface area contributed by atoms with Crippen LogP contribution in [0.25, 0.3) is 0 Å². The summed E-state index contributed by atoms with van der Waals surface area (Å²) < 4.78 is 21.3. The number of hydrogen-bond donors (Lipinski definition) is 2. The fraction of sp³-hybridized carbons (Fsp3) is 0.222. The van der Waals surface area contributed by atoms with Crippen molar-refractivity contribution in [2.75, 3.05) is 17.2 Å². The molecule has 4 aromatic rings. The van der Waals surface area contributed by atoms with Crippen LogP contribution in [0.4, 0.5) is 15.1 Å². The molecule has 0 fully saturated rings. The number of carbonyl (C=O) groups is 1. The maximum atomic E-state index is 14.3. The third-order valence-corrected chi connectivity index (χ3v) is 7.32. The summed E-state index contributed by atoms with van der Waals surface area (Å²) in [6, 6.07) is 16.5. The fourth-order valence-corrected chi connectivity index (χ4v) is 5.47. The lowest BCUT2D eigenvalue weighted by Crippen LogP contribution is -2.21. The number of esters is 1. The first-order valence-electron chi connectivity index (χ1n) is 11.7. The highest BCUT2D eigenvalue weighted by atomic mass is 35.5. The molecule has 0 saturated carbocycles.